The molecule has 1 aliphatic heterocycles. The zero-order valence-electron chi connectivity index (χ0n) is 15.0. The van der Waals surface area contributed by atoms with Crippen LogP contribution in [0.1, 0.15) is 24.5 Å². The maximum Gasteiger partial charge on any atom is 0.292 e. The maximum atomic E-state index is 11.4. The van der Waals surface area contributed by atoms with Gasteiger partial charge in [0.25, 0.3) is 5.69 Å². The number of aliphatic hydroxyl groups is 1. The molecule has 3 rings (SSSR count). The molecule has 0 aromatic heterocycles. The molecular weight excluding hydrogens is 330 g/mol. The summed E-state index contributed by atoms with van der Waals surface area (Å²) >= 11 is 0. The van der Waals surface area contributed by atoms with Gasteiger partial charge in [-0.25, -0.2) is 0 Å². The molecule has 0 radical (unpaired) electrons. The molecule has 0 saturated carbocycles. The van der Waals surface area contributed by atoms with E-state index >= 15 is 0 Å². The quantitative estimate of drug-likeness (QED) is 0.659. The second kappa shape index (κ2) is 8.29. The summed E-state index contributed by atoms with van der Waals surface area (Å²) in [6.45, 7) is 5.32. The van der Waals surface area contributed by atoms with Crippen molar-refractivity contribution in [2.24, 2.45) is 0 Å². The number of anilines is 1. The summed E-state index contributed by atoms with van der Waals surface area (Å²) in [5.41, 5.74) is 2.69. The minimum atomic E-state index is -0.341. The minimum absolute atomic E-state index is 0.103. The first-order chi connectivity index (χ1) is 12.6. The highest BCUT2D eigenvalue weighted by molar-refractivity contribution is 5.64. The second-order valence-electron chi connectivity index (χ2n) is 6.82. The van der Waals surface area contributed by atoms with Gasteiger partial charge in [0, 0.05) is 38.3 Å². The highest BCUT2D eigenvalue weighted by atomic mass is 16.6. The normalized spacial score (nSPS) is 18.5. The van der Waals surface area contributed by atoms with Crippen LogP contribution in [-0.4, -0.2) is 40.6 Å². The molecule has 2 aromatic carbocycles. The van der Waals surface area contributed by atoms with Crippen molar-refractivity contribution >= 4 is 11.4 Å². The Morgan fingerprint density at radius 2 is 1.88 bits per heavy atom. The molecule has 0 aliphatic carbocycles. The first-order valence-corrected chi connectivity index (χ1v) is 8.99. The lowest BCUT2D eigenvalue weighted by atomic mass is 10.1. The zero-order valence-corrected chi connectivity index (χ0v) is 15.0. The van der Waals surface area contributed by atoms with E-state index in [4.69, 9.17) is 0 Å². The van der Waals surface area contributed by atoms with Gasteiger partial charge in [0.2, 0.25) is 0 Å². The number of nitrogens with zero attached hydrogens (tertiary/aromatic N) is 3. The Bertz CT molecular complexity index is 751. The fourth-order valence-electron chi connectivity index (χ4n) is 3.48. The average molecular weight is 355 g/mol. The van der Waals surface area contributed by atoms with Crippen molar-refractivity contribution in [2.45, 2.75) is 32.5 Å². The fraction of sp³-hybridized carbons (Fsp3) is 0.400. The highest BCUT2D eigenvalue weighted by Gasteiger charge is 2.25. The van der Waals surface area contributed by atoms with Crippen LogP contribution in [0.4, 0.5) is 11.4 Å². The van der Waals surface area contributed by atoms with Crippen LogP contribution in [0.25, 0.3) is 0 Å². The maximum absolute atomic E-state index is 11.4. The first kappa shape index (κ1) is 18.4. The molecule has 0 spiro atoms. The molecule has 1 fully saturated rings. The molecule has 0 bridgehead atoms. The van der Waals surface area contributed by atoms with Crippen LogP contribution in [0.2, 0.25) is 0 Å². The molecular formula is C20H25N3O3. The summed E-state index contributed by atoms with van der Waals surface area (Å²) in [4.78, 5) is 15.6. The number of hydrogen-bond acceptors (Lipinski definition) is 5. The Morgan fingerprint density at radius 1 is 1.12 bits per heavy atom. The van der Waals surface area contributed by atoms with E-state index in [1.165, 1.54) is 11.6 Å². The van der Waals surface area contributed by atoms with Crippen LogP contribution in [-0.2, 0) is 13.2 Å². The predicted molar refractivity (Wildman–Crippen MR) is 102 cm³/mol. The first-order valence-electron chi connectivity index (χ1n) is 8.99. The monoisotopic (exact) mass is 355 g/mol. The second-order valence-corrected chi connectivity index (χ2v) is 6.82. The minimum Gasteiger partial charge on any atom is -0.392 e. The van der Waals surface area contributed by atoms with Crippen molar-refractivity contribution in [3.05, 3.63) is 69.8 Å². The van der Waals surface area contributed by atoms with E-state index < -0.39 is 0 Å². The molecule has 1 atom stereocenters. The van der Waals surface area contributed by atoms with Gasteiger partial charge in [-0.2, -0.15) is 0 Å². The Labute approximate surface area is 153 Å². The number of aliphatic hydroxyl groups excluding tert-OH is 1. The summed E-state index contributed by atoms with van der Waals surface area (Å²) in [6, 6.07) is 15.6. The Balaban J connectivity index is 1.78. The number of nitro benzene ring substituents is 1. The smallest absolute Gasteiger partial charge is 0.292 e. The molecule has 6 nitrogen and oxygen atoms in total. The molecule has 1 aliphatic rings. The van der Waals surface area contributed by atoms with Crippen LogP contribution >= 0.6 is 0 Å². The van der Waals surface area contributed by atoms with E-state index in [1.807, 2.05) is 18.2 Å². The summed E-state index contributed by atoms with van der Waals surface area (Å²) in [5.74, 6) is 0. The lowest BCUT2D eigenvalue weighted by molar-refractivity contribution is -0.384. The molecule has 1 saturated heterocycles. The lowest BCUT2D eigenvalue weighted by Gasteiger charge is -2.26. The fourth-order valence-corrected chi connectivity index (χ4v) is 3.48. The molecule has 26 heavy (non-hydrogen) atoms. The number of nitro groups is 1. The molecule has 1 N–H and O–H groups in total. The zero-order chi connectivity index (χ0) is 18.5. The van der Waals surface area contributed by atoms with E-state index in [0.29, 0.717) is 17.3 Å². The summed E-state index contributed by atoms with van der Waals surface area (Å²) in [7, 11) is 0. The number of hydrogen-bond donors (Lipinski definition) is 1. The summed E-state index contributed by atoms with van der Waals surface area (Å²) in [6.07, 6.45) is 0.938. The molecule has 1 unspecified atom stereocenters. The van der Waals surface area contributed by atoms with Crippen molar-refractivity contribution in [1.29, 1.82) is 0 Å². The third kappa shape index (κ3) is 4.20. The number of rotatable bonds is 5. The SMILES string of the molecule is CC1CCN(c2cc(CO)ccc2[N+](=O)[O-])CCN1Cc1ccccc1. The van der Waals surface area contributed by atoms with Crippen LogP contribution in [0.15, 0.2) is 48.5 Å². The van der Waals surface area contributed by atoms with Crippen molar-refractivity contribution in [1.82, 2.24) is 4.90 Å². The molecule has 1 heterocycles. The summed E-state index contributed by atoms with van der Waals surface area (Å²) in [5, 5.41) is 20.8. The molecule has 6 heteroatoms. The molecule has 138 valence electrons. The van der Waals surface area contributed by atoms with Gasteiger partial charge in [-0.1, -0.05) is 30.3 Å². The van der Waals surface area contributed by atoms with E-state index in [-0.39, 0.29) is 17.2 Å². The number of benzene rings is 2. The van der Waals surface area contributed by atoms with Gasteiger partial charge < -0.3 is 10.0 Å². The van der Waals surface area contributed by atoms with Crippen molar-refractivity contribution < 1.29 is 10.0 Å². The average Bonchev–Trinajstić information content (AvgIpc) is 2.84. The highest BCUT2D eigenvalue weighted by Crippen LogP contribution is 2.31. The van der Waals surface area contributed by atoms with Gasteiger partial charge >= 0.3 is 0 Å². The van der Waals surface area contributed by atoms with Gasteiger partial charge in [0.15, 0.2) is 0 Å². The van der Waals surface area contributed by atoms with Crippen molar-refractivity contribution in [3.8, 4) is 0 Å². The molecule has 0 amide bonds. The Morgan fingerprint density at radius 3 is 2.58 bits per heavy atom. The van der Waals surface area contributed by atoms with Gasteiger partial charge in [-0.05, 0) is 36.6 Å². The Kier molecular flexibility index (Phi) is 5.85. The van der Waals surface area contributed by atoms with E-state index in [1.54, 1.807) is 12.1 Å². The van der Waals surface area contributed by atoms with Crippen LogP contribution in [0, 0.1) is 10.1 Å². The van der Waals surface area contributed by atoms with Crippen LogP contribution in [0.5, 0.6) is 0 Å². The standard InChI is InChI=1S/C20H25N3O3/c1-16-9-10-21(11-12-22(16)14-17-5-3-2-4-6-17)20-13-18(15-24)7-8-19(20)23(25)26/h2-8,13,16,24H,9-12,14-15H2,1H3. The lowest BCUT2D eigenvalue weighted by Crippen LogP contribution is -2.34. The largest absolute Gasteiger partial charge is 0.392 e. The topological polar surface area (TPSA) is 69.8 Å². The van der Waals surface area contributed by atoms with E-state index in [2.05, 4.69) is 28.9 Å². The van der Waals surface area contributed by atoms with Crippen LogP contribution < -0.4 is 4.90 Å². The van der Waals surface area contributed by atoms with Crippen molar-refractivity contribution in [2.75, 3.05) is 24.5 Å². The third-order valence-electron chi connectivity index (χ3n) is 5.09. The van der Waals surface area contributed by atoms with E-state index in [0.717, 1.165) is 32.6 Å². The third-order valence-corrected chi connectivity index (χ3v) is 5.09. The van der Waals surface area contributed by atoms with Gasteiger partial charge in [-0.3, -0.25) is 15.0 Å². The summed E-state index contributed by atoms with van der Waals surface area (Å²) < 4.78 is 0. The predicted octanol–water partition coefficient (Wildman–Crippen LogP) is 3.19. The van der Waals surface area contributed by atoms with Gasteiger partial charge in [0.1, 0.15) is 5.69 Å². The van der Waals surface area contributed by atoms with Crippen LogP contribution in [0.3, 0.4) is 0 Å². The Hall–Kier alpha value is -2.44. The van der Waals surface area contributed by atoms with Gasteiger partial charge in [-0.15, -0.1) is 0 Å². The van der Waals surface area contributed by atoms with E-state index in [9.17, 15) is 15.2 Å². The van der Waals surface area contributed by atoms with Gasteiger partial charge in [0.05, 0.1) is 11.5 Å². The van der Waals surface area contributed by atoms with Crippen molar-refractivity contribution in [3.63, 3.8) is 0 Å². The molecule has 2 aromatic rings.